The van der Waals surface area contributed by atoms with Gasteiger partial charge in [-0.25, -0.2) is 0 Å². The molecule has 0 fully saturated rings. The summed E-state index contributed by atoms with van der Waals surface area (Å²) in [5.74, 6) is 0. The summed E-state index contributed by atoms with van der Waals surface area (Å²) < 4.78 is 0.896. The Morgan fingerprint density at radius 3 is 2.71 bits per heavy atom. The highest BCUT2D eigenvalue weighted by atomic mass is 32.9. The molecule has 14 heavy (non-hydrogen) atoms. The number of nitrogens with zero attached hydrogens (tertiary/aromatic N) is 1. The first-order valence-corrected chi connectivity index (χ1v) is 6.46. The van der Waals surface area contributed by atoms with Crippen LogP contribution in [0.25, 0.3) is 10.4 Å². The van der Waals surface area contributed by atoms with Gasteiger partial charge in [0.25, 0.3) is 0 Å². The van der Waals surface area contributed by atoms with Gasteiger partial charge in [0.05, 0.1) is 11.6 Å². The van der Waals surface area contributed by atoms with Gasteiger partial charge < -0.3 is 0 Å². The highest BCUT2D eigenvalue weighted by Crippen LogP contribution is 2.29. The van der Waals surface area contributed by atoms with Crippen LogP contribution in [0.1, 0.15) is 5.56 Å². The topological polar surface area (TPSA) is 23.8 Å². The summed E-state index contributed by atoms with van der Waals surface area (Å²) in [4.78, 5) is 1.14. The second-order valence-corrected chi connectivity index (χ2v) is 5.60. The van der Waals surface area contributed by atoms with Crippen molar-refractivity contribution in [3.8, 4) is 16.5 Å². The zero-order valence-corrected chi connectivity index (χ0v) is 9.51. The van der Waals surface area contributed by atoms with Gasteiger partial charge in [-0.15, -0.1) is 0 Å². The number of rotatable bonds is 1. The maximum Gasteiger partial charge on any atom is 0.102 e. The molecular weight excluding hydrogens is 230 g/mol. The first-order valence-electron chi connectivity index (χ1n) is 3.90. The van der Waals surface area contributed by atoms with Gasteiger partial charge in [-0.3, -0.25) is 0 Å². The fourth-order valence-corrected chi connectivity index (χ4v) is 3.51. The number of benzene rings is 1. The summed E-state index contributed by atoms with van der Waals surface area (Å²) in [6.45, 7) is 0. The van der Waals surface area contributed by atoms with E-state index in [1.54, 1.807) is 26.7 Å². The Labute approximate surface area is 94.3 Å². The molecule has 0 spiro atoms. The van der Waals surface area contributed by atoms with Crippen LogP contribution in [-0.4, -0.2) is 0 Å². The molecule has 1 heterocycles. The third-order valence-corrected chi connectivity index (χ3v) is 4.65. The molecule has 0 aliphatic carbocycles. The van der Waals surface area contributed by atoms with Crippen molar-refractivity contribution < 1.29 is 0 Å². The molecular formula is C10H5NS3. The van der Waals surface area contributed by atoms with E-state index in [4.69, 9.17) is 17.5 Å². The van der Waals surface area contributed by atoms with Crippen molar-refractivity contribution in [2.24, 2.45) is 0 Å². The molecule has 0 aliphatic heterocycles. The molecule has 1 aromatic carbocycles. The molecule has 0 atom stereocenters. The summed E-state index contributed by atoms with van der Waals surface area (Å²) in [7, 11) is 3.24. The quantitative estimate of drug-likeness (QED) is 0.549. The molecule has 0 unspecified atom stereocenters. The first-order chi connectivity index (χ1) is 6.79. The molecule has 0 saturated carbocycles. The first kappa shape index (κ1) is 9.53. The van der Waals surface area contributed by atoms with Gasteiger partial charge in [-0.05, 0) is 23.8 Å². The minimum Gasteiger partial charge on any atom is -0.192 e. The highest BCUT2D eigenvalue weighted by molar-refractivity contribution is 7.80. The van der Waals surface area contributed by atoms with Crippen LogP contribution in [0.3, 0.4) is 0 Å². The highest BCUT2D eigenvalue weighted by Gasteiger charge is 2.00. The van der Waals surface area contributed by atoms with Gasteiger partial charge in [-0.1, -0.05) is 45.0 Å². The van der Waals surface area contributed by atoms with Gasteiger partial charge in [0.15, 0.2) is 0 Å². The van der Waals surface area contributed by atoms with Crippen LogP contribution in [0.4, 0.5) is 0 Å². The van der Waals surface area contributed by atoms with Gasteiger partial charge >= 0.3 is 0 Å². The van der Waals surface area contributed by atoms with E-state index in [1.165, 1.54) is 0 Å². The molecule has 4 heteroatoms. The molecule has 0 saturated heterocycles. The molecule has 0 amide bonds. The summed E-state index contributed by atoms with van der Waals surface area (Å²) in [6, 6.07) is 11.7. The zero-order valence-electron chi connectivity index (χ0n) is 7.06. The lowest BCUT2D eigenvalue weighted by atomic mass is 10.1. The average Bonchev–Trinajstić information content (AvgIpc) is 2.65. The third kappa shape index (κ3) is 1.90. The molecule has 2 aromatic rings. The zero-order chi connectivity index (χ0) is 9.97. The largest absolute Gasteiger partial charge is 0.192 e. The smallest absolute Gasteiger partial charge is 0.102 e. The molecule has 0 radical (unpaired) electrons. The van der Waals surface area contributed by atoms with Crippen molar-refractivity contribution in [3.05, 3.63) is 39.7 Å². The molecule has 1 aromatic heterocycles. The predicted octanol–water partition coefficient (Wildman–Crippen LogP) is 4.08. The minimum absolute atomic E-state index is 0.687. The molecule has 2 rings (SSSR count). The second-order valence-electron chi connectivity index (χ2n) is 2.69. The fraction of sp³-hybridized carbons (Fsp3) is 0. The van der Waals surface area contributed by atoms with Crippen LogP contribution in [0.5, 0.6) is 0 Å². The van der Waals surface area contributed by atoms with Gasteiger partial charge in [0.2, 0.25) is 0 Å². The summed E-state index contributed by atoms with van der Waals surface area (Å²) in [6.07, 6.45) is 0. The lowest BCUT2D eigenvalue weighted by Crippen LogP contribution is -1.75. The lowest BCUT2D eigenvalue weighted by molar-refractivity contribution is 1.49. The van der Waals surface area contributed by atoms with Gasteiger partial charge in [-0.2, -0.15) is 5.26 Å². The Bertz CT molecular complexity index is 545. The average molecular weight is 235 g/mol. The number of hydrogen-bond donors (Lipinski definition) is 0. The van der Waals surface area contributed by atoms with Gasteiger partial charge in [0.1, 0.15) is 3.82 Å². The molecule has 68 valence electrons. The van der Waals surface area contributed by atoms with E-state index < -0.39 is 0 Å². The molecule has 0 bridgehead atoms. The second kappa shape index (κ2) is 4.01. The SMILES string of the molecule is N#Cc1cccc(-c2cc(=S)ss2)c1. The molecule has 0 aliphatic rings. The van der Waals surface area contributed by atoms with Crippen LogP contribution in [0, 0.1) is 15.2 Å². The van der Waals surface area contributed by atoms with Crippen LogP contribution in [0.2, 0.25) is 0 Å². The normalized spacial score (nSPS) is 9.64. The van der Waals surface area contributed by atoms with Crippen LogP contribution < -0.4 is 0 Å². The van der Waals surface area contributed by atoms with E-state index in [9.17, 15) is 0 Å². The van der Waals surface area contributed by atoms with E-state index >= 15 is 0 Å². The predicted molar refractivity (Wildman–Crippen MR) is 63.2 cm³/mol. The Morgan fingerprint density at radius 2 is 2.07 bits per heavy atom. The van der Waals surface area contributed by atoms with Crippen molar-refractivity contribution in [1.82, 2.24) is 0 Å². The third-order valence-electron chi connectivity index (χ3n) is 1.74. The summed E-state index contributed by atoms with van der Waals surface area (Å²) in [5, 5.41) is 8.75. The number of nitriles is 1. The summed E-state index contributed by atoms with van der Waals surface area (Å²) >= 11 is 5.06. The standard InChI is InChI=1S/C10H5NS3/c11-6-7-2-1-3-8(4-7)9-5-10(12)14-13-9/h1-5H. The Kier molecular flexibility index (Phi) is 2.73. The maximum atomic E-state index is 8.75. The Hall–Kier alpha value is -1.02. The van der Waals surface area contributed by atoms with Crippen LogP contribution >= 0.6 is 32.9 Å². The fourth-order valence-electron chi connectivity index (χ4n) is 1.11. The van der Waals surface area contributed by atoms with Crippen molar-refractivity contribution in [1.29, 1.82) is 5.26 Å². The van der Waals surface area contributed by atoms with Crippen LogP contribution in [-0.2, 0) is 0 Å². The van der Waals surface area contributed by atoms with E-state index in [1.807, 2.05) is 24.3 Å². The van der Waals surface area contributed by atoms with E-state index in [0.29, 0.717) is 5.56 Å². The Morgan fingerprint density at radius 1 is 1.21 bits per heavy atom. The van der Waals surface area contributed by atoms with E-state index in [0.717, 1.165) is 14.3 Å². The molecule has 0 N–H and O–H groups in total. The van der Waals surface area contributed by atoms with E-state index in [-0.39, 0.29) is 0 Å². The van der Waals surface area contributed by atoms with Gasteiger partial charge in [0, 0.05) is 4.88 Å². The maximum absolute atomic E-state index is 8.75. The minimum atomic E-state index is 0.687. The van der Waals surface area contributed by atoms with E-state index in [2.05, 4.69) is 6.07 Å². The monoisotopic (exact) mass is 235 g/mol. The number of hydrogen-bond acceptors (Lipinski definition) is 4. The van der Waals surface area contributed by atoms with Crippen LogP contribution in [0.15, 0.2) is 30.3 Å². The van der Waals surface area contributed by atoms with Crippen molar-refractivity contribution in [3.63, 3.8) is 0 Å². The Balaban J connectivity index is 2.53. The van der Waals surface area contributed by atoms with Crippen molar-refractivity contribution in [2.75, 3.05) is 0 Å². The summed E-state index contributed by atoms with van der Waals surface area (Å²) in [5.41, 5.74) is 1.76. The lowest BCUT2D eigenvalue weighted by Gasteiger charge is -1.95. The van der Waals surface area contributed by atoms with Crippen molar-refractivity contribution >= 4 is 32.9 Å². The van der Waals surface area contributed by atoms with Crippen molar-refractivity contribution in [2.45, 2.75) is 0 Å². The molecule has 1 nitrogen and oxygen atoms in total.